The number of halogens is 3. The Balaban J connectivity index is 2.71. The summed E-state index contributed by atoms with van der Waals surface area (Å²) in [6.07, 6.45) is -5.25. The number of amides is 2. The molecule has 1 aromatic rings. The van der Waals surface area contributed by atoms with Crippen molar-refractivity contribution in [3.8, 4) is 0 Å². The number of nitrogens with zero attached hydrogens (tertiary/aromatic N) is 1. The molecule has 0 aliphatic heterocycles. The van der Waals surface area contributed by atoms with E-state index in [0.717, 1.165) is 29.3 Å². The number of rotatable bonds is 1. The molecule has 0 saturated heterocycles. The first-order valence-electron chi connectivity index (χ1n) is 6.35. The molecule has 22 heavy (non-hydrogen) atoms. The molecule has 0 unspecified atom stereocenters. The smallest absolute Gasteiger partial charge is 0.428 e. The van der Waals surface area contributed by atoms with Gasteiger partial charge in [-0.05, 0) is 45.0 Å². The molecule has 122 valence electrons. The van der Waals surface area contributed by atoms with Gasteiger partial charge < -0.3 is 4.74 Å². The van der Waals surface area contributed by atoms with Crippen LogP contribution in [0.15, 0.2) is 24.3 Å². The molecule has 0 bridgehead atoms. The van der Waals surface area contributed by atoms with Crippen LogP contribution in [0.5, 0.6) is 0 Å². The van der Waals surface area contributed by atoms with Crippen molar-refractivity contribution in [2.24, 2.45) is 0 Å². The molecule has 0 aliphatic carbocycles. The van der Waals surface area contributed by atoms with Crippen molar-refractivity contribution in [3.63, 3.8) is 0 Å². The number of carbonyl (C=O) groups excluding carboxylic acids is 2. The van der Waals surface area contributed by atoms with Gasteiger partial charge in [0.25, 0.3) is 5.91 Å². The lowest BCUT2D eigenvalue weighted by Gasteiger charge is -2.24. The minimum absolute atomic E-state index is 0.0107. The minimum Gasteiger partial charge on any atom is -0.442 e. The van der Waals surface area contributed by atoms with Crippen molar-refractivity contribution >= 4 is 12.0 Å². The van der Waals surface area contributed by atoms with E-state index in [1.54, 1.807) is 20.8 Å². The summed E-state index contributed by atoms with van der Waals surface area (Å²) in [7, 11) is 1.27. The Morgan fingerprint density at radius 3 is 2.00 bits per heavy atom. The van der Waals surface area contributed by atoms with Crippen LogP contribution in [0.1, 0.15) is 36.7 Å². The van der Waals surface area contributed by atoms with Crippen molar-refractivity contribution < 1.29 is 27.5 Å². The van der Waals surface area contributed by atoms with Crippen molar-refractivity contribution in [3.05, 3.63) is 35.4 Å². The predicted octanol–water partition coefficient (Wildman–Crippen LogP) is 3.22. The van der Waals surface area contributed by atoms with Crippen LogP contribution in [0, 0.1) is 0 Å². The first kappa shape index (κ1) is 17.8. The molecule has 0 aromatic heterocycles. The number of alkyl halides is 3. The van der Waals surface area contributed by atoms with Crippen LogP contribution < -0.4 is 5.43 Å². The fraction of sp³-hybridized carbons (Fsp3) is 0.429. The van der Waals surface area contributed by atoms with Gasteiger partial charge in [0.05, 0.1) is 5.56 Å². The van der Waals surface area contributed by atoms with E-state index in [9.17, 15) is 22.8 Å². The van der Waals surface area contributed by atoms with Crippen molar-refractivity contribution in [2.75, 3.05) is 7.05 Å². The third kappa shape index (κ3) is 5.27. The zero-order valence-corrected chi connectivity index (χ0v) is 12.6. The van der Waals surface area contributed by atoms with Gasteiger partial charge in [-0.1, -0.05) is 0 Å². The van der Waals surface area contributed by atoms with Gasteiger partial charge in [-0.2, -0.15) is 13.2 Å². The van der Waals surface area contributed by atoms with E-state index in [4.69, 9.17) is 4.74 Å². The van der Waals surface area contributed by atoms with Crippen molar-refractivity contribution in [1.29, 1.82) is 0 Å². The number of hydrogen-bond donors (Lipinski definition) is 1. The summed E-state index contributed by atoms with van der Waals surface area (Å²) in [5, 5.41) is 0.825. The van der Waals surface area contributed by atoms with Gasteiger partial charge in [0.15, 0.2) is 0 Å². The lowest BCUT2D eigenvalue weighted by atomic mass is 10.1. The Bertz CT molecular complexity index is 548. The zero-order valence-electron chi connectivity index (χ0n) is 12.6. The number of nitrogens with one attached hydrogen (secondary N) is 1. The van der Waals surface area contributed by atoms with Gasteiger partial charge in [-0.3, -0.25) is 10.2 Å². The number of ether oxygens (including phenoxy) is 1. The van der Waals surface area contributed by atoms with Crippen LogP contribution >= 0.6 is 0 Å². The maximum atomic E-state index is 12.4. The van der Waals surface area contributed by atoms with Crippen LogP contribution in [0.25, 0.3) is 0 Å². The molecular weight excluding hydrogens is 301 g/mol. The Kier molecular flexibility index (Phi) is 5.05. The van der Waals surface area contributed by atoms with Gasteiger partial charge in [0.2, 0.25) is 0 Å². The highest BCUT2D eigenvalue weighted by Gasteiger charge is 2.30. The summed E-state index contributed by atoms with van der Waals surface area (Å²) >= 11 is 0. The Morgan fingerprint density at radius 2 is 1.59 bits per heavy atom. The van der Waals surface area contributed by atoms with E-state index in [1.165, 1.54) is 7.05 Å². The van der Waals surface area contributed by atoms with Gasteiger partial charge in [-0.15, -0.1) is 0 Å². The van der Waals surface area contributed by atoms with E-state index in [-0.39, 0.29) is 5.56 Å². The summed E-state index contributed by atoms with van der Waals surface area (Å²) in [4.78, 5) is 23.5. The lowest BCUT2D eigenvalue weighted by Crippen LogP contribution is -2.45. The molecule has 2 amide bonds. The Labute approximate surface area is 126 Å². The Morgan fingerprint density at radius 1 is 1.09 bits per heavy atom. The zero-order chi connectivity index (χ0) is 17.1. The molecule has 5 nitrogen and oxygen atoms in total. The fourth-order valence-corrected chi connectivity index (χ4v) is 1.40. The summed E-state index contributed by atoms with van der Waals surface area (Å²) in [6, 6.07) is 3.65. The maximum Gasteiger partial charge on any atom is 0.428 e. The van der Waals surface area contributed by atoms with Crippen molar-refractivity contribution in [1.82, 2.24) is 10.4 Å². The van der Waals surface area contributed by atoms with Crippen LogP contribution in [0.4, 0.5) is 18.0 Å². The molecule has 0 fully saturated rings. The fourth-order valence-electron chi connectivity index (χ4n) is 1.40. The molecule has 0 aliphatic rings. The largest absolute Gasteiger partial charge is 0.442 e. The van der Waals surface area contributed by atoms with E-state index in [1.807, 2.05) is 0 Å². The van der Waals surface area contributed by atoms with Gasteiger partial charge in [0, 0.05) is 12.6 Å². The van der Waals surface area contributed by atoms with Gasteiger partial charge >= 0.3 is 12.3 Å². The van der Waals surface area contributed by atoms with E-state index >= 15 is 0 Å². The molecule has 0 saturated carbocycles. The standard InChI is InChI=1S/C14H17F3N2O3/c1-13(2,3)22-12(21)19(4)18-11(20)9-5-7-10(8-6-9)14(15,16)17/h5-8H,1-4H3,(H,18,20). The van der Waals surface area contributed by atoms with E-state index in [2.05, 4.69) is 5.43 Å². The number of hydrogen-bond acceptors (Lipinski definition) is 3. The monoisotopic (exact) mass is 318 g/mol. The van der Waals surface area contributed by atoms with Crippen LogP contribution in [0.2, 0.25) is 0 Å². The van der Waals surface area contributed by atoms with Gasteiger partial charge in [0.1, 0.15) is 5.60 Å². The minimum atomic E-state index is -4.47. The molecule has 1 aromatic carbocycles. The predicted molar refractivity (Wildman–Crippen MR) is 72.9 cm³/mol. The van der Waals surface area contributed by atoms with E-state index in [0.29, 0.717) is 0 Å². The second kappa shape index (κ2) is 6.25. The number of carbonyl (C=O) groups is 2. The molecule has 1 rings (SSSR count). The third-order valence-corrected chi connectivity index (χ3v) is 2.41. The normalized spacial score (nSPS) is 11.8. The molecule has 0 heterocycles. The lowest BCUT2D eigenvalue weighted by molar-refractivity contribution is -0.137. The average molecular weight is 318 g/mol. The molecule has 0 spiro atoms. The molecule has 1 N–H and O–H groups in total. The third-order valence-electron chi connectivity index (χ3n) is 2.41. The summed E-state index contributed by atoms with van der Waals surface area (Å²) in [6.45, 7) is 4.99. The molecule has 0 radical (unpaired) electrons. The quantitative estimate of drug-likeness (QED) is 0.809. The topological polar surface area (TPSA) is 58.6 Å². The summed E-state index contributed by atoms with van der Waals surface area (Å²) in [5.41, 5.74) is 0.616. The van der Waals surface area contributed by atoms with E-state index < -0.39 is 29.3 Å². The van der Waals surface area contributed by atoms with Crippen LogP contribution in [0.3, 0.4) is 0 Å². The maximum absolute atomic E-state index is 12.4. The summed E-state index contributed by atoms with van der Waals surface area (Å²) < 4.78 is 42.3. The average Bonchev–Trinajstić information content (AvgIpc) is 2.35. The van der Waals surface area contributed by atoms with Gasteiger partial charge in [-0.25, -0.2) is 9.80 Å². The molecule has 8 heteroatoms. The van der Waals surface area contributed by atoms with Crippen LogP contribution in [-0.4, -0.2) is 29.7 Å². The second-order valence-corrected chi connectivity index (χ2v) is 5.56. The molecule has 0 atom stereocenters. The first-order valence-corrected chi connectivity index (χ1v) is 6.35. The van der Waals surface area contributed by atoms with Crippen molar-refractivity contribution in [2.45, 2.75) is 32.5 Å². The highest BCUT2D eigenvalue weighted by molar-refractivity contribution is 5.94. The number of benzene rings is 1. The molecular formula is C14H17F3N2O3. The number of hydrazine groups is 1. The highest BCUT2D eigenvalue weighted by atomic mass is 19.4. The second-order valence-electron chi connectivity index (χ2n) is 5.56. The summed E-state index contributed by atoms with van der Waals surface area (Å²) in [5.74, 6) is -0.720. The Hall–Kier alpha value is -2.25. The van der Waals surface area contributed by atoms with Crippen LogP contribution in [-0.2, 0) is 10.9 Å². The highest BCUT2D eigenvalue weighted by Crippen LogP contribution is 2.29. The SMILES string of the molecule is CN(NC(=O)c1ccc(C(F)(F)F)cc1)C(=O)OC(C)(C)C. The first-order chi connectivity index (χ1) is 9.90.